The van der Waals surface area contributed by atoms with E-state index in [0.717, 1.165) is 18.6 Å². The Bertz CT molecular complexity index is 447. The molecule has 3 N–H and O–H groups in total. The van der Waals surface area contributed by atoms with Gasteiger partial charge in [0.25, 0.3) is 5.91 Å². The molecule has 0 saturated heterocycles. The minimum absolute atomic E-state index is 0.0375. The van der Waals surface area contributed by atoms with E-state index in [4.69, 9.17) is 5.73 Å². The summed E-state index contributed by atoms with van der Waals surface area (Å²) in [6.07, 6.45) is 0.801. The minimum Gasteiger partial charge on any atom is -0.398 e. The monoisotopic (exact) mass is 256 g/mol. The van der Waals surface area contributed by atoms with Gasteiger partial charge in [0.2, 0.25) is 0 Å². The maximum Gasteiger partial charge on any atom is 0.253 e. The fraction of sp³-hybridized carbons (Fsp3) is 0.462. The van der Waals surface area contributed by atoms with Gasteiger partial charge in [-0.2, -0.15) is 0 Å². The molecule has 1 aromatic carbocycles. The molecule has 0 bridgehead atoms. The second kappa shape index (κ2) is 5.80. The number of carbonyl (C=O) groups is 1. The molecule has 0 aromatic heterocycles. The van der Waals surface area contributed by atoms with Crippen LogP contribution in [0.25, 0.3) is 0 Å². The SMILES string of the molecule is CC(C)CC(C)NC(=O)c1cc(F)c(F)cc1N. The van der Waals surface area contributed by atoms with Gasteiger partial charge in [0.15, 0.2) is 11.6 Å². The topological polar surface area (TPSA) is 55.1 Å². The third kappa shape index (κ3) is 3.68. The average molecular weight is 256 g/mol. The molecule has 18 heavy (non-hydrogen) atoms. The van der Waals surface area contributed by atoms with Gasteiger partial charge >= 0.3 is 0 Å². The van der Waals surface area contributed by atoms with E-state index in [1.807, 2.05) is 20.8 Å². The van der Waals surface area contributed by atoms with Crippen molar-refractivity contribution in [1.29, 1.82) is 0 Å². The van der Waals surface area contributed by atoms with E-state index >= 15 is 0 Å². The lowest BCUT2D eigenvalue weighted by Crippen LogP contribution is -2.34. The molecule has 0 spiro atoms. The van der Waals surface area contributed by atoms with Crippen LogP contribution in [-0.4, -0.2) is 11.9 Å². The number of carbonyl (C=O) groups excluding carboxylic acids is 1. The number of benzene rings is 1. The number of amides is 1. The van der Waals surface area contributed by atoms with Crippen molar-refractivity contribution in [3.8, 4) is 0 Å². The molecule has 0 fully saturated rings. The molecule has 5 heteroatoms. The fourth-order valence-electron chi connectivity index (χ4n) is 1.83. The van der Waals surface area contributed by atoms with Crippen molar-refractivity contribution in [2.75, 3.05) is 5.73 Å². The second-order valence-electron chi connectivity index (χ2n) is 4.86. The maximum atomic E-state index is 13.1. The molecule has 100 valence electrons. The molecule has 1 amide bonds. The van der Waals surface area contributed by atoms with E-state index in [-0.39, 0.29) is 17.3 Å². The largest absolute Gasteiger partial charge is 0.398 e. The average Bonchev–Trinajstić information content (AvgIpc) is 2.21. The van der Waals surface area contributed by atoms with E-state index in [1.165, 1.54) is 0 Å². The van der Waals surface area contributed by atoms with Crippen LogP contribution in [0.1, 0.15) is 37.6 Å². The van der Waals surface area contributed by atoms with Gasteiger partial charge in [0.05, 0.1) is 5.56 Å². The first-order chi connectivity index (χ1) is 8.31. The zero-order valence-electron chi connectivity index (χ0n) is 10.8. The zero-order chi connectivity index (χ0) is 13.9. The molecule has 1 atom stereocenters. The molecule has 1 rings (SSSR count). The minimum atomic E-state index is -1.08. The Morgan fingerprint density at radius 2 is 1.83 bits per heavy atom. The summed E-state index contributed by atoms with van der Waals surface area (Å²) in [4.78, 5) is 11.8. The zero-order valence-corrected chi connectivity index (χ0v) is 10.8. The summed E-state index contributed by atoms with van der Waals surface area (Å²) in [6.45, 7) is 5.93. The standard InChI is InChI=1S/C13H18F2N2O/c1-7(2)4-8(3)17-13(18)9-5-10(14)11(15)6-12(9)16/h5-8H,4,16H2,1-3H3,(H,17,18). The molecule has 3 nitrogen and oxygen atoms in total. The van der Waals surface area contributed by atoms with Crippen molar-refractivity contribution in [2.24, 2.45) is 5.92 Å². The highest BCUT2D eigenvalue weighted by molar-refractivity contribution is 5.99. The Balaban J connectivity index is 2.82. The van der Waals surface area contributed by atoms with Gasteiger partial charge in [-0.3, -0.25) is 4.79 Å². The van der Waals surface area contributed by atoms with Gasteiger partial charge in [0, 0.05) is 17.8 Å². The number of halogens is 2. The lowest BCUT2D eigenvalue weighted by molar-refractivity contribution is 0.0936. The third-order valence-corrected chi connectivity index (χ3v) is 2.54. The van der Waals surface area contributed by atoms with Gasteiger partial charge in [-0.05, 0) is 25.3 Å². The predicted octanol–water partition coefficient (Wildman–Crippen LogP) is 2.71. The van der Waals surface area contributed by atoms with Crippen molar-refractivity contribution in [1.82, 2.24) is 5.32 Å². The highest BCUT2D eigenvalue weighted by Crippen LogP contribution is 2.17. The Hall–Kier alpha value is -1.65. The molecule has 0 aliphatic rings. The summed E-state index contributed by atoms with van der Waals surface area (Å²) in [6, 6.07) is 1.59. The highest BCUT2D eigenvalue weighted by Gasteiger charge is 2.16. The second-order valence-corrected chi connectivity index (χ2v) is 4.86. The Kier molecular flexibility index (Phi) is 4.64. The van der Waals surface area contributed by atoms with E-state index < -0.39 is 17.5 Å². The van der Waals surface area contributed by atoms with Gasteiger partial charge in [-0.25, -0.2) is 8.78 Å². The normalized spacial score (nSPS) is 12.6. The van der Waals surface area contributed by atoms with Crippen LogP contribution in [0.3, 0.4) is 0 Å². The number of nitrogens with two attached hydrogens (primary N) is 1. The summed E-state index contributed by atoms with van der Waals surface area (Å²) in [5.41, 5.74) is 5.40. The van der Waals surface area contributed by atoms with Crippen LogP contribution in [0.2, 0.25) is 0 Å². The lowest BCUT2D eigenvalue weighted by Gasteiger charge is -2.16. The van der Waals surface area contributed by atoms with Crippen LogP contribution >= 0.6 is 0 Å². The number of hydrogen-bond donors (Lipinski definition) is 2. The molecule has 1 unspecified atom stereocenters. The van der Waals surface area contributed by atoms with E-state index in [1.54, 1.807) is 0 Å². The summed E-state index contributed by atoms with van der Waals surface area (Å²) in [5, 5.41) is 2.71. The summed E-state index contributed by atoms with van der Waals surface area (Å²) in [7, 11) is 0. The van der Waals surface area contributed by atoms with E-state index in [0.29, 0.717) is 5.92 Å². The molecule has 0 heterocycles. The summed E-state index contributed by atoms with van der Waals surface area (Å²) in [5.74, 6) is -2.19. The Labute approximate surface area is 105 Å². The number of nitrogens with one attached hydrogen (secondary N) is 1. The smallest absolute Gasteiger partial charge is 0.253 e. The number of rotatable bonds is 4. The van der Waals surface area contributed by atoms with Crippen molar-refractivity contribution >= 4 is 11.6 Å². The van der Waals surface area contributed by atoms with Gasteiger partial charge < -0.3 is 11.1 Å². The van der Waals surface area contributed by atoms with E-state index in [9.17, 15) is 13.6 Å². The maximum absolute atomic E-state index is 13.1. The van der Waals surface area contributed by atoms with Crippen LogP contribution in [0.15, 0.2) is 12.1 Å². The Morgan fingerprint density at radius 3 is 2.39 bits per heavy atom. The predicted molar refractivity (Wildman–Crippen MR) is 67.2 cm³/mol. The third-order valence-electron chi connectivity index (χ3n) is 2.54. The first-order valence-corrected chi connectivity index (χ1v) is 5.86. The molecule has 0 saturated carbocycles. The lowest BCUT2D eigenvalue weighted by atomic mass is 10.0. The van der Waals surface area contributed by atoms with Gasteiger partial charge in [-0.1, -0.05) is 13.8 Å². The quantitative estimate of drug-likeness (QED) is 0.814. The fourth-order valence-corrected chi connectivity index (χ4v) is 1.83. The molecular formula is C13H18F2N2O. The van der Waals surface area contributed by atoms with Crippen molar-refractivity contribution in [2.45, 2.75) is 33.2 Å². The molecule has 0 radical (unpaired) electrons. The Morgan fingerprint density at radius 1 is 1.28 bits per heavy atom. The van der Waals surface area contributed by atoms with Crippen LogP contribution in [-0.2, 0) is 0 Å². The molecule has 0 aliphatic heterocycles. The van der Waals surface area contributed by atoms with Crippen LogP contribution in [0.4, 0.5) is 14.5 Å². The van der Waals surface area contributed by atoms with Crippen molar-refractivity contribution < 1.29 is 13.6 Å². The highest BCUT2D eigenvalue weighted by atomic mass is 19.2. The van der Waals surface area contributed by atoms with Gasteiger partial charge in [-0.15, -0.1) is 0 Å². The first-order valence-electron chi connectivity index (χ1n) is 5.86. The van der Waals surface area contributed by atoms with Crippen LogP contribution in [0.5, 0.6) is 0 Å². The van der Waals surface area contributed by atoms with Crippen LogP contribution in [0, 0.1) is 17.6 Å². The van der Waals surface area contributed by atoms with Gasteiger partial charge in [0.1, 0.15) is 0 Å². The number of anilines is 1. The summed E-state index contributed by atoms with van der Waals surface area (Å²) < 4.78 is 25.9. The number of hydrogen-bond acceptors (Lipinski definition) is 2. The van der Waals surface area contributed by atoms with Crippen molar-refractivity contribution in [3.05, 3.63) is 29.3 Å². The van der Waals surface area contributed by atoms with E-state index in [2.05, 4.69) is 5.32 Å². The summed E-state index contributed by atoms with van der Waals surface area (Å²) >= 11 is 0. The first kappa shape index (κ1) is 14.4. The van der Waals surface area contributed by atoms with Crippen LogP contribution < -0.4 is 11.1 Å². The molecular weight excluding hydrogens is 238 g/mol. The molecule has 0 aliphatic carbocycles. The molecule has 1 aromatic rings. The van der Waals surface area contributed by atoms with Crippen molar-refractivity contribution in [3.63, 3.8) is 0 Å². The number of nitrogen functional groups attached to an aromatic ring is 1.